The largest absolute Gasteiger partial charge is 0.493 e. The van der Waals surface area contributed by atoms with Gasteiger partial charge in [0.2, 0.25) is 6.79 Å². The van der Waals surface area contributed by atoms with E-state index in [0.717, 1.165) is 33.9 Å². The number of fused-ring (bicyclic) bond motifs is 3. The summed E-state index contributed by atoms with van der Waals surface area (Å²) in [6.07, 6.45) is 0.689. The van der Waals surface area contributed by atoms with Crippen molar-refractivity contribution in [3.05, 3.63) is 52.2 Å². The van der Waals surface area contributed by atoms with Gasteiger partial charge in [-0.1, -0.05) is 12.1 Å². The van der Waals surface area contributed by atoms with Gasteiger partial charge in [0, 0.05) is 17.4 Å². The molecule has 158 valence electrons. The SMILES string of the molecule is O=C(NC1CCOc2ccc(-c3ccc4c(c3)OCO4)cc21)c1scc2c1OCCO2. The highest BCUT2D eigenvalue weighted by atomic mass is 32.1. The molecule has 1 atom stereocenters. The average Bonchev–Trinajstić information content (AvgIpc) is 3.45. The first-order valence-electron chi connectivity index (χ1n) is 10.1. The molecule has 31 heavy (non-hydrogen) atoms. The molecule has 1 N–H and O–H groups in total. The zero-order chi connectivity index (χ0) is 20.8. The molecule has 3 aromatic rings. The van der Waals surface area contributed by atoms with Crippen molar-refractivity contribution in [2.24, 2.45) is 0 Å². The van der Waals surface area contributed by atoms with E-state index in [2.05, 4.69) is 11.4 Å². The summed E-state index contributed by atoms with van der Waals surface area (Å²) >= 11 is 1.34. The molecule has 1 aromatic heterocycles. The van der Waals surface area contributed by atoms with Gasteiger partial charge in [-0.05, 0) is 35.4 Å². The maximum absolute atomic E-state index is 13.0. The van der Waals surface area contributed by atoms with E-state index >= 15 is 0 Å². The second-order valence-corrected chi connectivity index (χ2v) is 8.32. The average molecular weight is 437 g/mol. The minimum absolute atomic E-state index is 0.160. The van der Waals surface area contributed by atoms with Crippen LogP contribution in [0.4, 0.5) is 0 Å². The number of hydrogen-bond donors (Lipinski definition) is 1. The van der Waals surface area contributed by atoms with Crippen LogP contribution in [-0.2, 0) is 0 Å². The monoisotopic (exact) mass is 437 g/mol. The summed E-state index contributed by atoms with van der Waals surface area (Å²) in [5, 5.41) is 4.98. The molecule has 1 amide bonds. The van der Waals surface area contributed by atoms with Crippen LogP contribution in [-0.4, -0.2) is 32.5 Å². The lowest BCUT2D eigenvalue weighted by atomic mass is 9.95. The molecule has 7 nitrogen and oxygen atoms in total. The number of nitrogens with one attached hydrogen (secondary N) is 1. The summed E-state index contributed by atoms with van der Waals surface area (Å²) in [6, 6.07) is 11.8. The molecule has 8 heteroatoms. The van der Waals surface area contributed by atoms with Crippen LogP contribution < -0.4 is 29.0 Å². The summed E-state index contributed by atoms with van der Waals surface area (Å²) in [5.74, 6) is 3.28. The zero-order valence-corrected chi connectivity index (χ0v) is 17.3. The quantitative estimate of drug-likeness (QED) is 0.663. The Morgan fingerprint density at radius 2 is 1.61 bits per heavy atom. The molecule has 0 radical (unpaired) electrons. The van der Waals surface area contributed by atoms with Crippen LogP contribution in [0.1, 0.15) is 27.7 Å². The van der Waals surface area contributed by atoms with Crippen molar-refractivity contribution in [3.63, 3.8) is 0 Å². The number of ether oxygens (including phenoxy) is 5. The molecule has 3 aliphatic rings. The highest BCUT2D eigenvalue weighted by Gasteiger charge is 2.28. The standard InChI is InChI=1S/C23H19NO6S/c25-23(22-21-20(11-31-22)27-7-8-28-21)24-16-5-6-26-17-3-1-13(9-15(16)17)14-2-4-18-19(10-14)30-12-29-18/h1-4,9-11,16H,5-8,12H2,(H,24,25). The van der Waals surface area contributed by atoms with Gasteiger partial charge in [-0.15, -0.1) is 11.3 Å². The van der Waals surface area contributed by atoms with E-state index < -0.39 is 0 Å². The van der Waals surface area contributed by atoms with Crippen molar-refractivity contribution < 1.29 is 28.5 Å². The highest BCUT2D eigenvalue weighted by molar-refractivity contribution is 7.12. The summed E-state index contributed by atoms with van der Waals surface area (Å²) in [5.41, 5.74) is 2.99. The number of carbonyl (C=O) groups excluding carboxylic acids is 1. The van der Waals surface area contributed by atoms with Crippen LogP contribution in [0, 0.1) is 0 Å². The first kappa shape index (κ1) is 18.4. The lowest BCUT2D eigenvalue weighted by Gasteiger charge is -2.27. The Bertz CT molecular complexity index is 1170. The summed E-state index contributed by atoms with van der Waals surface area (Å²) < 4.78 is 28.0. The Hall–Kier alpha value is -3.39. The molecule has 0 saturated carbocycles. The Kier molecular flexibility index (Phi) is 4.38. The number of benzene rings is 2. The second-order valence-electron chi connectivity index (χ2n) is 7.44. The molecule has 0 aliphatic carbocycles. The van der Waals surface area contributed by atoms with E-state index in [4.69, 9.17) is 23.7 Å². The molecular formula is C23H19NO6S. The van der Waals surface area contributed by atoms with Gasteiger partial charge in [-0.2, -0.15) is 0 Å². The van der Waals surface area contributed by atoms with Crippen LogP contribution >= 0.6 is 11.3 Å². The lowest BCUT2D eigenvalue weighted by molar-refractivity contribution is 0.0920. The van der Waals surface area contributed by atoms with Crippen molar-refractivity contribution >= 4 is 17.2 Å². The van der Waals surface area contributed by atoms with Crippen molar-refractivity contribution in [1.29, 1.82) is 0 Å². The first-order chi connectivity index (χ1) is 15.3. The third-order valence-corrected chi connectivity index (χ3v) is 6.51. The van der Waals surface area contributed by atoms with E-state index in [1.807, 2.05) is 35.7 Å². The van der Waals surface area contributed by atoms with Crippen LogP contribution in [0.25, 0.3) is 11.1 Å². The van der Waals surface area contributed by atoms with E-state index in [1.165, 1.54) is 11.3 Å². The topological polar surface area (TPSA) is 75.3 Å². The lowest BCUT2D eigenvalue weighted by Crippen LogP contribution is -2.32. The fourth-order valence-corrected chi connectivity index (χ4v) is 4.88. The van der Waals surface area contributed by atoms with Crippen LogP contribution in [0.2, 0.25) is 0 Å². The molecule has 2 aromatic carbocycles. The molecule has 6 rings (SSSR count). The molecule has 0 bridgehead atoms. The molecule has 0 fully saturated rings. The molecule has 0 spiro atoms. The maximum Gasteiger partial charge on any atom is 0.265 e. The minimum Gasteiger partial charge on any atom is -0.493 e. The third-order valence-electron chi connectivity index (χ3n) is 5.57. The van der Waals surface area contributed by atoms with E-state index in [0.29, 0.717) is 42.6 Å². The Morgan fingerprint density at radius 3 is 2.55 bits per heavy atom. The smallest absolute Gasteiger partial charge is 0.265 e. The molecule has 3 aliphatic heterocycles. The fraction of sp³-hybridized carbons (Fsp3) is 0.261. The van der Waals surface area contributed by atoms with Gasteiger partial charge < -0.3 is 29.0 Å². The van der Waals surface area contributed by atoms with Gasteiger partial charge in [0.25, 0.3) is 5.91 Å². The minimum atomic E-state index is -0.164. The summed E-state index contributed by atoms with van der Waals surface area (Å²) in [6.45, 7) is 1.74. The molecular weight excluding hydrogens is 418 g/mol. The van der Waals surface area contributed by atoms with E-state index in [9.17, 15) is 4.79 Å². The van der Waals surface area contributed by atoms with Crippen molar-refractivity contribution in [3.8, 4) is 39.9 Å². The predicted octanol–water partition coefficient (Wildman–Crippen LogP) is 4.17. The highest BCUT2D eigenvalue weighted by Crippen LogP contribution is 2.41. The summed E-state index contributed by atoms with van der Waals surface area (Å²) in [7, 11) is 0. The number of rotatable bonds is 3. The first-order valence-corrected chi connectivity index (χ1v) is 11.0. The molecule has 4 heterocycles. The predicted molar refractivity (Wildman–Crippen MR) is 114 cm³/mol. The van der Waals surface area contributed by atoms with E-state index in [-0.39, 0.29) is 18.7 Å². The van der Waals surface area contributed by atoms with Crippen LogP contribution in [0.15, 0.2) is 41.8 Å². The van der Waals surface area contributed by atoms with E-state index in [1.54, 1.807) is 0 Å². The Labute approximate surface area is 182 Å². The van der Waals surface area contributed by atoms with Crippen LogP contribution in [0.3, 0.4) is 0 Å². The van der Waals surface area contributed by atoms with Crippen LogP contribution in [0.5, 0.6) is 28.7 Å². The van der Waals surface area contributed by atoms with Gasteiger partial charge >= 0.3 is 0 Å². The van der Waals surface area contributed by atoms with Gasteiger partial charge in [0.05, 0.1) is 12.6 Å². The van der Waals surface area contributed by atoms with Gasteiger partial charge in [0.15, 0.2) is 23.0 Å². The fourth-order valence-electron chi connectivity index (χ4n) is 4.04. The third kappa shape index (κ3) is 3.23. The number of thiophene rings is 1. The number of amides is 1. The normalized spacial score (nSPS) is 18.1. The number of hydrogen-bond acceptors (Lipinski definition) is 7. The Morgan fingerprint density at radius 1 is 0.839 bits per heavy atom. The Balaban J connectivity index is 1.29. The van der Waals surface area contributed by atoms with Crippen molar-refractivity contribution in [2.45, 2.75) is 12.5 Å². The molecule has 0 saturated heterocycles. The second kappa shape index (κ2) is 7.39. The van der Waals surface area contributed by atoms with Gasteiger partial charge in [0.1, 0.15) is 23.8 Å². The van der Waals surface area contributed by atoms with Gasteiger partial charge in [-0.3, -0.25) is 4.79 Å². The van der Waals surface area contributed by atoms with Crippen molar-refractivity contribution in [1.82, 2.24) is 5.32 Å². The maximum atomic E-state index is 13.0. The number of carbonyl (C=O) groups is 1. The van der Waals surface area contributed by atoms with Crippen molar-refractivity contribution in [2.75, 3.05) is 26.6 Å². The zero-order valence-electron chi connectivity index (χ0n) is 16.5. The summed E-state index contributed by atoms with van der Waals surface area (Å²) in [4.78, 5) is 13.6. The molecule has 1 unspecified atom stereocenters. The van der Waals surface area contributed by atoms with Gasteiger partial charge in [-0.25, -0.2) is 0 Å².